The van der Waals surface area contributed by atoms with Crippen molar-refractivity contribution in [2.24, 2.45) is 0 Å². The highest BCUT2D eigenvalue weighted by molar-refractivity contribution is 8.01. The van der Waals surface area contributed by atoms with Gasteiger partial charge in [0, 0.05) is 14.7 Å². The van der Waals surface area contributed by atoms with Crippen molar-refractivity contribution in [3.63, 3.8) is 0 Å². The Morgan fingerprint density at radius 3 is 1.05 bits per heavy atom. The van der Waals surface area contributed by atoms with Crippen molar-refractivity contribution in [3.8, 4) is 0 Å². The predicted molar refractivity (Wildman–Crippen MR) is 169 cm³/mol. The molecule has 0 radical (unpaired) electrons. The van der Waals surface area contributed by atoms with Crippen molar-refractivity contribution in [3.05, 3.63) is 88.0 Å². The topological polar surface area (TPSA) is 140 Å². The molecule has 0 amide bonds. The van der Waals surface area contributed by atoms with Crippen LogP contribution in [0.25, 0.3) is 0 Å². The molecule has 3 aromatic rings. The average molecular weight is 665 g/mol. The van der Waals surface area contributed by atoms with E-state index in [4.69, 9.17) is 13.6 Å². The average Bonchev–Trinajstić information content (AvgIpc) is 2.94. The Bertz CT molecular complexity index is 1310. The zero-order valence-corrected chi connectivity index (χ0v) is 27.7. The summed E-state index contributed by atoms with van der Waals surface area (Å²) in [5.74, 6) is -3.73. The molecule has 0 aliphatic heterocycles. The summed E-state index contributed by atoms with van der Waals surface area (Å²) in [4.78, 5) is 40.3. The number of hydrogen-bond donors (Lipinski definition) is 3. The Labute approximate surface area is 264 Å². The smallest absolute Gasteiger partial charge is 0.372 e. The summed E-state index contributed by atoms with van der Waals surface area (Å²) in [7, 11) is -3.11. The molecule has 0 saturated heterocycles. The fourth-order valence-electron chi connectivity index (χ4n) is 3.42. The second-order valence-electron chi connectivity index (χ2n) is 9.67. The quantitative estimate of drug-likeness (QED) is 0.118. The van der Waals surface area contributed by atoms with Gasteiger partial charge in [0.1, 0.15) is 0 Å². The molecule has 3 atom stereocenters. The van der Waals surface area contributed by atoms with Gasteiger partial charge in [-0.1, -0.05) is 71.7 Å². The fraction of sp³-hybridized carbons (Fsp3) is 0.300. The first-order valence-electron chi connectivity index (χ1n) is 12.9. The maximum absolute atomic E-state index is 12.8. The molecule has 3 aromatic carbocycles. The summed E-state index contributed by atoms with van der Waals surface area (Å²) >= 11 is 2.39. The number of thioether (sulfide) groups is 3. The van der Waals surface area contributed by atoms with Gasteiger partial charge in [-0.25, -0.2) is 14.4 Å². The Hall–Kier alpha value is -2.57. The largest absolute Gasteiger partial charge is 0.537 e. The van der Waals surface area contributed by atoms with E-state index in [0.29, 0.717) is 14.7 Å². The minimum atomic E-state index is -3.11. The lowest BCUT2D eigenvalue weighted by atomic mass is 10.2. The molecular weight excluding hydrogens is 631 g/mol. The van der Waals surface area contributed by atoms with Crippen LogP contribution >= 0.6 is 43.9 Å². The van der Waals surface area contributed by atoms with Gasteiger partial charge >= 0.3 is 26.5 Å². The number of aliphatic hydroxyl groups excluding tert-OH is 3. The fourth-order valence-corrected chi connectivity index (χ4v) is 7.16. The van der Waals surface area contributed by atoms with Crippen LogP contribution in [0.5, 0.6) is 0 Å². The molecule has 0 heterocycles. The van der Waals surface area contributed by atoms with Gasteiger partial charge in [0.05, 0.1) is 0 Å². The van der Waals surface area contributed by atoms with Crippen molar-refractivity contribution in [1.82, 2.24) is 0 Å². The van der Waals surface area contributed by atoms with E-state index in [1.165, 1.54) is 0 Å². The number of rotatable bonds is 12. The van der Waals surface area contributed by atoms with Crippen molar-refractivity contribution in [2.45, 2.75) is 72.5 Å². The molecule has 230 valence electrons. The van der Waals surface area contributed by atoms with Crippen LogP contribution in [0.4, 0.5) is 0 Å². The SMILES string of the molecule is Cc1ccc(C)c(SC(O)C(=O)OP(OC(=O)C(O)Sc2cc(C)ccc2C)OC(=O)C(O)Sc2cc(C)ccc2C)c1. The van der Waals surface area contributed by atoms with Gasteiger partial charge in [-0.15, -0.1) is 0 Å². The first-order chi connectivity index (χ1) is 20.2. The third-order valence-corrected chi connectivity index (χ3v) is 10.2. The highest BCUT2D eigenvalue weighted by atomic mass is 32.2. The first kappa shape index (κ1) is 34.9. The zero-order chi connectivity index (χ0) is 31.8. The molecular formula is C30H33O9PS3. The maximum atomic E-state index is 12.8. The molecule has 0 aromatic heterocycles. The zero-order valence-electron chi connectivity index (χ0n) is 24.4. The molecule has 3 unspecified atom stereocenters. The number of carbonyl (C=O) groups excluding carboxylic acids is 3. The monoisotopic (exact) mass is 664 g/mol. The molecule has 13 heteroatoms. The van der Waals surface area contributed by atoms with E-state index in [2.05, 4.69) is 0 Å². The molecule has 0 saturated carbocycles. The Balaban J connectivity index is 1.75. The van der Waals surface area contributed by atoms with Crippen LogP contribution in [0.1, 0.15) is 33.4 Å². The van der Waals surface area contributed by atoms with E-state index in [9.17, 15) is 29.7 Å². The van der Waals surface area contributed by atoms with Crippen LogP contribution < -0.4 is 0 Å². The second-order valence-corrected chi connectivity index (χ2v) is 14.0. The summed E-state index contributed by atoms with van der Waals surface area (Å²) in [5, 5.41) is 31.6. The lowest BCUT2D eigenvalue weighted by Gasteiger charge is -2.20. The van der Waals surface area contributed by atoms with Gasteiger partial charge in [0.15, 0.2) is 0 Å². The Kier molecular flexibility index (Phi) is 12.9. The van der Waals surface area contributed by atoms with Gasteiger partial charge in [-0.2, -0.15) is 0 Å². The Morgan fingerprint density at radius 1 is 0.535 bits per heavy atom. The van der Waals surface area contributed by atoms with Gasteiger partial charge in [0.25, 0.3) is 0 Å². The Morgan fingerprint density at radius 2 is 0.791 bits per heavy atom. The van der Waals surface area contributed by atoms with Crippen LogP contribution in [-0.2, 0) is 28.0 Å². The van der Waals surface area contributed by atoms with E-state index in [1.54, 1.807) is 39.0 Å². The summed E-state index contributed by atoms with van der Waals surface area (Å²) in [6, 6.07) is 16.5. The maximum Gasteiger partial charge on any atom is 0.537 e. The molecule has 3 N–H and O–H groups in total. The van der Waals surface area contributed by atoms with Crippen LogP contribution in [0.3, 0.4) is 0 Å². The minimum Gasteiger partial charge on any atom is -0.372 e. The third kappa shape index (κ3) is 10.5. The molecule has 0 spiro atoms. The van der Waals surface area contributed by atoms with Crippen molar-refractivity contribution < 1.29 is 43.3 Å². The van der Waals surface area contributed by atoms with E-state index < -0.39 is 42.8 Å². The lowest BCUT2D eigenvalue weighted by molar-refractivity contribution is -0.148. The lowest BCUT2D eigenvalue weighted by Crippen LogP contribution is -2.25. The molecule has 0 fully saturated rings. The molecule has 0 aliphatic carbocycles. The van der Waals surface area contributed by atoms with Crippen LogP contribution in [0.2, 0.25) is 0 Å². The van der Waals surface area contributed by atoms with E-state index in [-0.39, 0.29) is 0 Å². The van der Waals surface area contributed by atoms with Crippen LogP contribution in [0, 0.1) is 41.5 Å². The molecule has 0 aliphatic rings. The second kappa shape index (κ2) is 15.9. The first-order valence-corrected chi connectivity index (χ1v) is 16.7. The predicted octanol–water partition coefficient (Wildman–Crippen LogP) is 6.03. The van der Waals surface area contributed by atoms with Crippen LogP contribution in [0.15, 0.2) is 69.3 Å². The molecule has 0 bridgehead atoms. The highest BCUT2D eigenvalue weighted by Gasteiger charge is 2.36. The number of aryl methyl sites for hydroxylation is 6. The summed E-state index contributed by atoms with van der Waals surface area (Å²) in [6.07, 6.45) is 0. The summed E-state index contributed by atoms with van der Waals surface area (Å²) < 4.78 is 15.3. The van der Waals surface area contributed by atoms with E-state index >= 15 is 0 Å². The van der Waals surface area contributed by atoms with E-state index in [1.807, 2.05) is 57.2 Å². The van der Waals surface area contributed by atoms with Gasteiger partial charge in [-0.3, -0.25) is 0 Å². The van der Waals surface area contributed by atoms with Crippen LogP contribution in [-0.4, -0.2) is 49.5 Å². The minimum absolute atomic E-state index is 0.614. The van der Waals surface area contributed by atoms with Gasteiger partial charge in [-0.05, 0) is 93.1 Å². The molecule has 9 nitrogen and oxygen atoms in total. The van der Waals surface area contributed by atoms with Gasteiger partial charge < -0.3 is 28.9 Å². The summed E-state index contributed by atoms with van der Waals surface area (Å²) in [6.45, 7) is 11.0. The van der Waals surface area contributed by atoms with Crippen molar-refractivity contribution >= 4 is 61.8 Å². The normalized spacial score (nSPS) is 13.9. The number of benzene rings is 3. The number of carbonyl (C=O) groups is 3. The highest BCUT2D eigenvalue weighted by Crippen LogP contribution is 2.44. The number of aliphatic hydroxyl groups is 3. The molecule has 43 heavy (non-hydrogen) atoms. The van der Waals surface area contributed by atoms with E-state index in [0.717, 1.165) is 68.7 Å². The van der Waals surface area contributed by atoms with Gasteiger partial charge in [0.2, 0.25) is 16.3 Å². The number of hydrogen-bond acceptors (Lipinski definition) is 12. The van der Waals surface area contributed by atoms with Crippen molar-refractivity contribution in [2.75, 3.05) is 0 Å². The third-order valence-electron chi connectivity index (χ3n) is 5.85. The standard InChI is InChI=1S/C30H33O9PS3/c1-16-7-10-19(4)22(13-16)41-28(34)25(31)37-40(38-26(32)29(35)42-23-14-17(2)8-11-20(23)5)39-27(33)30(36)43-24-15-18(3)9-12-21(24)6/h7-15,28-30,34-36H,1-6H3. The van der Waals surface area contributed by atoms with Crippen molar-refractivity contribution in [1.29, 1.82) is 0 Å². The summed E-state index contributed by atoms with van der Waals surface area (Å²) in [5.41, 5.74) is -0.134. The molecule has 3 rings (SSSR count).